The maximum absolute atomic E-state index is 13.5. The Balaban J connectivity index is 1.83. The second kappa shape index (κ2) is 11.6. The van der Waals surface area contributed by atoms with Crippen molar-refractivity contribution in [3.63, 3.8) is 0 Å². The van der Waals surface area contributed by atoms with Crippen LogP contribution >= 0.6 is 0 Å². The molecule has 1 heterocycles. The van der Waals surface area contributed by atoms with E-state index < -0.39 is 27.9 Å². The van der Waals surface area contributed by atoms with Gasteiger partial charge in [0.25, 0.3) is 15.9 Å². The number of benzene rings is 2. The SMILES string of the molecule is CC[C@H](C(=O)NCC(C)C)N(Cc1cccc(OC)c1)C(=O)CCN1C(=O)c2ccccc2S1(=O)=O. The number of nitrogens with one attached hydrogen (secondary N) is 1. The van der Waals surface area contributed by atoms with E-state index in [9.17, 15) is 22.8 Å². The van der Waals surface area contributed by atoms with E-state index in [2.05, 4.69) is 5.32 Å². The van der Waals surface area contributed by atoms with Crippen molar-refractivity contribution in [2.24, 2.45) is 5.92 Å². The summed E-state index contributed by atoms with van der Waals surface area (Å²) in [5.74, 6) is -0.506. The van der Waals surface area contributed by atoms with E-state index in [1.165, 1.54) is 17.0 Å². The molecule has 2 aromatic rings. The number of carbonyl (C=O) groups is 3. The van der Waals surface area contributed by atoms with Crippen molar-refractivity contribution >= 4 is 27.7 Å². The Kier molecular flexibility index (Phi) is 8.73. The van der Waals surface area contributed by atoms with E-state index in [1.54, 1.807) is 37.4 Å². The molecule has 0 saturated heterocycles. The van der Waals surface area contributed by atoms with Crippen molar-refractivity contribution in [3.8, 4) is 5.75 Å². The Hall–Kier alpha value is -3.40. The van der Waals surface area contributed by atoms with Gasteiger partial charge in [0.1, 0.15) is 16.7 Å². The van der Waals surface area contributed by atoms with Gasteiger partial charge in [-0.3, -0.25) is 14.4 Å². The number of nitrogens with zero attached hydrogens (tertiary/aromatic N) is 2. The number of hydrogen-bond acceptors (Lipinski definition) is 6. The molecule has 0 saturated carbocycles. The van der Waals surface area contributed by atoms with E-state index in [0.717, 1.165) is 9.87 Å². The summed E-state index contributed by atoms with van der Waals surface area (Å²) in [6.45, 7) is 6.06. The normalized spacial score (nSPS) is 14.9. The Morgan fingerprint density at radius 3 is 2.47 bits per heavy atom. The van der Waals surface area contributed by atoms with Crippen LogP contribution in [0.15, 0.2) is 53.4 Å². The summed E-state index contributed by atoms with van der Waals surface area (Å²) in [7, 11) is -2.48. The highest BCUT2D eigenvalue weighted by Crippen LogP contribution is 2.30. The highest BCUT2D eigenvalue weighted by molar-refractivity contribution is 7.90. The summed E-state index contributed by atoms with van der Waals surface area (Å²) in [6, 6.07) is 12.4. The minimum absolute atomic E-state index is 0.0600. The van der Waals surface area contributed by atoms with Crippen LogP contribution in [-0.2, 0) is 26.2 Å². The maximum atomic E-state index is 13.5. The molecular weight excluding hydrogens is 482 g/mol. The number of carbonyl (C=O) groups excluding carboxylic acids is 3. The number of ether oxygens (including phenoxy) is 1. The van der Waals surface area contributed by atoms with Gasteiger partial charge < -0.3 is 15.0 Å². The van der Waals surface area contributed by atoms with Crippen molar-refractivity contribution < 1.29 is 27.5 Å². The van der Waals surface area contributed by atoms with E-state index in [0.29, 0.717) is 18.7 Å². The predicted octanol–water partition coefficient (Wildman–Crippen LogP) is 2.81. The molecule has 1 atom stereocenters. The fourth-order valence-electron chi connectivity index (χ4n) is 4.10. The van der Waals surface area contributed by atoms with Gasteiger partial charge in [-0.05, 0) is 42.2 Å². The average Bonchev–Trinajstić information content (AvgIpc) is 3.06. The van der Waals surface area contributed by atoms with Gasteiger partial charge in [0.2, 0.25) is 11.8 Å². The summed E-state index contributed by atoms with van der Waals surface area (Å²) in [5, 5.41) is 2.89. The molecule has 0 spiro atoms. The Morgan fingerprint density at radius 1 is 1.11 bits per heavy atom. The Bertz CT molecular complexity index is 1230. The fourth-order valence-corrected chi connectivity index (χ4v) is 5.67. The first-order valence-electron chi connectivity index (χ1n) is 12.0. The van der Waals surface area contributed by atoms with Crippen LogP contribution in [0, 0.1) is 5.92 Å². The zero-order chi connectivity index (χ0) is 26.5. The van der Waals surface area contributed by atoms with Gasteiger partial charge in [-0.15, -0.1) is 0 Å². The van der Waals surface area contributed by atoms with Gasteiger partial charge in [0.05, 0.1) is 12.7 Å². The van der Waals surface area contributed by atoms with Crippen molar-refractivity contribution in [1.82, 2.24) is 14.5 Å². The average molecular weight is 516 g/mol. The number of methoxy groups -OCH3 is 1. The van der Waals surface area contributed by atoms with Crippen LogP contribution in [0.2, 0.25) is 0 Å². The number of fused-ring (bicyclic) bond motifs is 1. The molecule has 0 aliphatic carbocycles. The number of sulfonamides is 1. The van der Waals surface area contributed by atoms with E-state index in [-0.39, 0.29) is 41.8 Å². The first-order valence-corrected chi connectivity index (χ1v) is 13.4. The lowest BCUT2D eigenvalue weighted by Gasteiger charge is -2.31. The van der Waals surface area contributed by atoms with E-state index >= 15 is 0 Å². The van der Waals surface area contributed by atoms with Crippen LogP contribution in [0.3, 0.4) is 0 Å². The number of amides is 3. The fraction of sp³-hybridized carbons (Fsp3) is 0.423. The third-order valence-electron chi connectivity index (χ3n) is 6.00. The molecule has 3 amide bonds. The minimum Gasteiger partial charge on any atom is -0.497 e. The lowest BCUT2D eigenvalue weighted by atomic mass is 10.1. The molecule has 3 rings (SSSR count). The zero-order valence-corrected chi connectivity index (χ0v) is 21.9. The summed E-state index contributed by atoms with van der Waals surface area (Å²) >= 11 is 0. The quantitative estimate of drug-likeness (QED) is 0.492. The van der Waals surface area contributed by atoms with Crippen molar-refractivity contribution in [1.29, 1.82) is 0 Å². The Morgan fingerprint density at radius 2 is 1.83 bits per heavy atom. The monoisotopic (exact) mass is 515 g/mol. The maximum Gasteiger partial charge on any atom is 0.269 e. The van der Waals surface area contributed by atoms with Crippen LogP contribution in [0.1, 0.15) is 49.5 Å². The molecule has 1 aliphatic heterocycles. The molecule has 0 unspecified atom stereocenters. The van der Waals surface area contributed by atoms with Gasteiger partial charge in [-0.25, -0.2) is 12.7 Å². The largest absolute Gasteiger partial charge is 0.497 e. The van der Waals surface area contributed by atoms with Crippen LogP contribution in [0.4, 0.5) is 0 Å². The molecule has 10 heteroatoms. The molecule has 1 aliphatic rings. The van der Waals surface area contributed by atoms with Crippen LogP contribution < -0.4 is 10.1 Å². The number of rotatable bonds is 11. The molecule has 0 radical (unpaired) electrons. The molecule has 9 nitrogen and oxygen atoms in total. The molecule has 194 valence electrons. The highest BCUT2D eigenvalue weighted by atomic mass is 32.2. The highest BCUT2D eigenvalue weighted by Gasteiger charge is 2.41. The van der Waals surface area contributed by atoms with Crippen LogP contribution in [0.25, 0.3) is 0 Å². The van der Waals surface area contributed by atoms with Crippen molar-refractivity contribution in [2.45, 2.75) is 51.1 Å². The first-order chi connectivity index (χ1) is 17.1. The van der Waals surface area contributed by atoms with Crippen LogP contribution in [-0.4, -0.2) is 61.6 Å². The molecule has 36 heavy (non-hydrogen) atoms. The molecule has 0 fully saturated rings. The van der Waals surface area contributed by atoms with Gasteiger partial charge in [-0.2, -0.15) is 0 Å². The minimum atomic E-state index is -4.03. The van der Waals surface area contributed by atoms with Gasteiger partial charge in [0.15, 0.2) is 0 Å². The zero-order valence-electron chi connectivity index (χ0n) is 21.1. The second-order valence-corrected chi connectivity index (χ2v) is 10.9. The first kappa shape index (κ1) is 27.2. The third kappa shape index (κ3) is 5.87. The van der Waals surface area contributed by atoms with Gasteiger partial charge in [-0.1, -0.05) is 45.0 Å². The van der Waals surface area contributed by atoms with Crippen molar-refractivity contribution in [3.05, 3.63) is 59.7 Å². The summed E-state index contributed by atoms with van der Waals surface area (Å²) in [6.07, 6.45) is 0.114. The summed E-state index contributed by atoms with van der Waals surface area (Å²) in [5.41, 5.74) is 0.854. The smallest absolute Gasteiger partial charge is 0.269 e. The van der Waals surface area contributed by atoms with Crippen molar-refractivity contribution in [2.75, 3.05) is 20.2 Å². The standard InChI is InChI=1S/C26H33N3O6S/c1-5-22(25(31)27-16-18(2)3)28(17-19-9-8-10-20(15-19)35-4)24(30)13-14-29-26(32)21-11-6-7-12-23(21)36(29,33)34/h6-12,15,18,22H,5,13-14,16-17H2,1-4H3,(H,27,31)/t22-/m1/s1. The van der Waals surface area contributed by atoms with E-state index in [4.69, 9.17) is 4.74 Å². The lowest BCUT2D eigenvalue weighted by Crippen LogP contribution is -2.50. The van der Waals surface area contributed by atoms with Gasteiger partial charge in [0, 0.05) is 26.1 Å². The Labute approximate surface area is 212 Å². The number of hydrogen-bond donors (Lipinski definition) is 1. The predicted molar refractivity (Wildman–Crippen MR) is 135 cm³/mol. The molecule has 0 bridgehead atoms. The molecule has 1 N–H and O–H groups in total. The lowest BCUT2D eigenvalue weighted by molar-refractivity contribution is -0.141. The second-order valence-electron chi connectivity index (χ2n) is 9.06. The summed E-state index contributed by atoms with van der Waals surface area (Å²) < 4.78 is 31.8. The van der Waals surface area contributed by atoms with Crippen LogP contribution in [0.5, 0.6) is 5.75 Å². The van der Waals surface area contributed by atoms with E-state index in [1.807, 2.05) is 26.8 Å². The summed E-state index contributed by atoms with van der Waals surface area (Å²) in [4.78, 5) is 40.6. The topological polar surface area (TPSA) is 113 Å². The molecule has 0 aromatic heterocycles. The van der Waals surface area contributed by atoms with Gasteiger partial charge >= 0.3 is 0 Å². The third-order valence-corrected chi connectivity index (χ3v) is 7.84. The molecule has 2 aromatic carbocycles. The molecular formula is C26H33N3O6S.